The van der Waals surface area contributed by atoms with Gasteiger partial charge in [-0.15, -0.1) is 0 Å². The molecule has 3 rings (SSSR count). The average Bonchev–Trinajstić information content (AvgIpc) is 3.07. The number of fused-ring (bicyclic) bond motifs is 1. The molecule has 9 heteroatoms. The first kappa shape index (κ1) is 19.9. The number of hydrogen-bond acceptors (Lipinski definition) is 5. The van der Waals surface area contributed by atoms with Crippen LogP contribution in [0.15, 0.2) is 18.2 Å². The van der Waals surface area contributed by atoms with Crippen molar-refractivity contribution in [1.29, 1.82) is 0 Å². The Hall–Kier alpha value is -2.84. The second-order valence-electron chi connectivity index (χ2n) is 7.81. The van der Waals surface area contributed by atoms with Crippen molar-refractivity contribution in [1.82, 2.24) is 10.2 Å². The SMILES string of the molecule is CC(C)(C)OC(=O)[C@@H]1CCCN1C(=O)c1ccc2c(c1)C(F)(F)C(=O)NC2=O. The molecule has 0 unspecified atom stereocenters. The summed E-state index contributed by atoms with van der Waals surface area (Å²) in [5.74, 6) is -7.81. The Kier molecular flexibility index (Phi) is 4.73. The minimum absolute atomic E-state index is 0.128. The van der Waals surface area contributed by atoms with E-state index in [9.17, 15) is 28.0 Å². The monoisotopic (exact) mass is 394 g/mol. The van der Waals surface area contributed by atoms with Gasteiger partial charge in [0.05, 0.1) is 0 Å². The summed E-state index contributed by atoms with van der Waals surface area (Å²) < 4.78 is 33.8. The number of alkyl halides is 2. The lowest BCUT2D eigenvalue weighted by Gasteiger charge is -2.28. The molecule has 1 aromatic rings. The highest BCUT2D eigenvalue weighted by atomic mass is 19.3. The summed E-state index contributed by atoms with van der Waals surface area (Å²) in [7, 11) is 0. The lowest BCUT2D eigenvalue weighted by molar-refractivity contribution is -0.159. The third-order valence-electron chi connectivity index (χ3n) is 4.55. The zero-order valence-corrected chi connectivity index (χ0v) is 15.7. The van der Waals surface area contributed by atoms with E-state index in [-0.39, 0.29) is 17.7 Å². The number of rotatable bonds is 2. The molecular weight excluding hydrogens is 374 g/mol. The molecule has 7 nitrogen and oxygen atoms in total. The Bertz CT molecular complexity index is 876. The van der Waals surface area contributed by atoms with E-state index in [1.54, 1.807) is 26.1 Å². The van der Waals surface area contributed by atoms with Crippen molar-refractivity contribution in [3.8, 4) is 0 Å². The van der Waals surface area contributed by atoms with Gasteiger partial charge >= 0.3 is 17.8 Å². The van der Waals surface area contributed by atoms with Gasteiger partial charge in [-0.2, -0.15) is 8.78 Å². The highest BCUT2D eigenvalue weighted by Crippen LogP contribution is 2.35. The molecule has 1 atom stereocenters. The number of carbonyl (C=O) groups is 4. The van der Waals surface area contributed by atoms with Crippen LogP contribution in [0.5, 0.6) is 0 Å². The highest BCUT2D eigenvalue weighted by molar-refractivity contribution is 6.12. The van der Waals surface area contributed by atoms with Crippen LogP contribution in [-0.4, -0.2) is 46.8 Å². The summed E-state index contributed by atoms with van der Waals surface area (Å²) >= 11 is 0. The van der Waals surface area contributed by atoms with Gasteiger partial charge in [-0.05, 0) is 51.8 Å². The van der Waals surface area contributed by atoms with Gasteiger partial charge in [0.25, 0.3) is 11.8 Å². The van der Waals surface area contributed by atoms with E-state index in [1.807, 2.05) is 0 Å². The number of imide groups is 1. The number of nitrogens with one attached hydrogen (secondary N) is 1. The summed E-state index contributed by atoms with van der Waals surface area (Å²) in [6.07, 6.45) is 0.973. The summed E-state index contributed by atoms with van der Waals surface area (Å²) in [4.78, 5) is 49.8. The molecule has 0 aromatic heterocycles. The molecule has 1 fully saturated rings. The van der Waals surface area contributed by atoms with Crippen LogP contribution in [0.1, 0.15) is 59.9 Å². The maximum atomic E-state index is 14.2. The van der Waals surface area contributed by atoms with Crippen LogP contribution in [0.3, 0.4) is 0 Å². The Balaban J connectivity index is 1.91. The van der Waals surface area contributed by atoms with Crippen molar-refractivity contribution < 1.29 is 32.7 Å². The van der Waals surface area contributed by atoms with Gasteiger partial charge in [0.15, 0.2) is 0 Å². The maximum Gasteiger partial charge on any atom is 0.351 e. The fourth-order valence-corrected chi connectivity index (χ4v) is 3.30. The molecule has 1 aromatic carbocycles. The lowest BCUT2D eigenvalue weighted by Crippen LogP contribution is -2.47. The van der Waals surface area contributed by atoms with Gasteiger partial charge in [-0.3, -0.25) is 19.7 Å². The molecule has 2 aliphatic rings. The molecule has 1 N–H and O–H groups in total. The van der Waals surface area contributed by atoms with Gasteiger partial charge in [0.1, 0.15) is 11.6 Å². The molecule has 150 valence electrons. The Morgan fingerprint density at radius 2 is 1.93 bits per heavy atom. The first-order valence-corrected chi connectivity index (χ1v) is 8.84. The van der Waals surface area contributed by atoms with E-state index in [0.29, 0.717) is 12.8 Å². The molecule has 2 heterocycles. The summed E-state index contributed by atoms with van der Waals surface area (Å²) in [6, 6.07) is 2.35. The van der Waals surface area contributed by atoms with Crippen LogP contribution in [0.4, 0.5) is 8.78 Å². The lowest BCUT2D eigenvalue weighted by atomic mass is 9.94. The molecular formula is C19H20F2N2O5. The van der Waals surface area contributed by atoms with Gasteiger partial charge < -0.3 is 9.64 Å². The Morgan fingerprint density at radius 1 is 1.25 bits per heavy atom. The number of carbonyl (C=O) groups excluding carboxylic acids is 4. The van der Waals surface area contributed by atoms with E-state index in [4.69, 9.17) is 4.74 Å². The van der Waals surface area contributed by atoms with Crippen LogP contribution < -0.4 is 5.32 Å². The van der Waals surface area contributed by atoms with Crippen molar-refractivity contribution in [3.63, 3.8) is 0 Å². The smallest absolute Gasteiger partial charge is 0.351 e. The molecule has 0 radical (unpaired) electrons. The quantitative estimate of drug-likeness (QED) is 0.612. The third-order valence-corrected chi connectivity index (χ3v) is 4.55. The van der Waals surface area contributed by atoms with Crippen molar-refractivity contribution >= 4 is 23.7 Å². The number of ether oxygens (including phenoxy) is 1. The van der Waals surface area contributed by atoms with Gasteiger partial charge in [-0.25, -0.2) is 4.79 Å². The van der Waals surface area contributed by atoms with E-state index in [0.717, 1.165) is 12.1 Å². The van der Waals surface area contributed by atoms with Crippen LogP contribution >= 0.6 is 0 Å². The predicted molar refractivity (Wildman–Crippen MR) is 92.7 cm³/mol. The zero-order chi connectivity index (χ0) is 20.9. The van der Waals surface area contributed by atoms with Crippen molar-refractivity contribution in [2.45, 2.75) is 51.2 Å². The average molecular weight is 394 g/mol. The molecule has 3 amide bonds. The topological polar surface area (TPSA) is 92.8 Å². The normalized spacial score (nSPS) is 21.2. The molecule has 2 aliphatic heterocycles. The van der Waals surface area contributed by atoms with E-state index >= 15 is 0 Å². The zero-order valence-electron chi connectivity index (χ0n) is 15.7. The van der Waals surface area contributed by atoms with Crippen molar-refractivity contribution in [2.75, 3.05) is 6.54 Å². The largest absolute Gasteiger partial charge is 0.458 e. The highest BCUT2D eigenvalue weighted by Gasteiger charge is 2.49. The molecule has 1 saturated heterocycles. The minimum atomic E-state index is -3.94. The van der Waals surface area contributed by atoms with Crippen LogP contribution in [0.25, 0.3) is 0 Å². The third kappa shape index (κ3) is 3.48. The molecule has 28 heavy (non-hydrogen) atoms. The number of likely N-dealkylation sites (tertiary alicyclic amines) is 1. The van der Waals surface area contributed by atoms with Gasteiger partial charge in [0.2, 0.25) is 0 Å². The predicted octanol–water partition coefficient (Wildman–Crippen LogP) is 1.99. The first-order valence-electron chi connectivity index (χ1n) is 8.84. The summed E-state index contributed by atoms with van der Waals surface area (Å²) in [5.41, 5.74) is -2.04. The van der Waals surface area contributed by atoms with E-state index in [1.165, 1.54) is 11.0 Å². The number of halogens is 2. The van der Waals surface area contributed by atoms with Crippen LogP contribution in [0, 0.1) is 0 Å². The Labute approximate surface area is 160 Å². The van der Waals surface area contributed by atoms with Gasteiger partial charge in [-0.1, -0.05) is 0 Å². The van der Waals surface area contributed by atoms with Crippen LogP contribution in [0.2, 0.25) is 0 Å². The van der Waals surface area contributed by atoms with E-state index < -0.39 is 46.8 Å². The second kappa shape index (κ2) is 6.65. The maximum absolute atomic E-state index is 14.2. The molecule has 0 spiro atoms. The molecule has 0 aliphatic carbocycles. The standard InChI is InChI=1S/C19H20F2N2O5/c1-18(2,3)28-16(26)13-5-4-8-23(13)15(25)10-6-7-11-12(9-10)19(20,21)17(27)22-14(11)24/h6-7,9,13H,4-5,8H2,1-3H3,(H,22,24,27)/t13-/m0/s1. The minimum Gasteiger partial charge on any atom is -0.458 e. The summed E-state index contributed by atoms with van der Waals surface area (Å²) in [5, 5.41) is 1.59. The van der Waals surface area contributed by atoms with E-state index in [2.05, 4.69) is 0 Å². The number of nitrogens with zero attached hydrogens (tertiary/aromatic N) is 1. The Morgan fingerprint density at radius 3 is 2.57 bits per heavy atom. The molecule has 0 bridgehead atoms. The second-order valence-corrected chi connectivity index (χ2v) is 7.81. The van der Waals surface area contributed by atoms with Crippen molar-refractivity contribution in [3.05, 3.63) is 34.9 Å². The summed E-state index contributed by atoms with van der Waals surface area (Å²) in [6.45, 7) is 5.40. The fourth-order valence-electron chi connectivity index (χ4n) is 3.30. The number of amides is 3. The number of benzene rings is 1. The van der Waals surface area contributed by atoms with Gasteiger partial charge in [0, 0.05) is 23.2 Å². The number of esters is 1. The van der Waals surface area contributed by atoms with Crippen LogP contribution in [-0.2, 0) is 20.2 Å². The van der Waals surface area contributed by atoms with Crippen molar-refractivity contribution in [2.24, 2.45) is 0 Å². The fraction of sp³-hybridized carbons (Fsp3) is 0.474. The first-order chi connectivity index (χ1) is 12.9. The number of hydrogen-bond donors (Lipinski definition) is 1. The molecule has 0 saturated carbocycles.